The van der Waals surface area contributed by atoms with Crippen LogP contribution in [-0.4, -0.2) is 72.8 Å². The first kappa shape index (κ1) is 30.8. The third-order valence-corrected chi connectivity index (χ3v) is 9.84. The van der Waals surface area contributed by atoms with Gasteiger partial charge in [0, 0.05) is 5.02 Å². The summed E-state index contributed by atoms with van der Waals surface area (Å²) >= 11 is 5.68. The van der Waals surface area contributed by atoms with Gasteiger partial charge in [0.2, 0.25) is 0 Å². The van der Waals surface area contributed by atoms with E-state index in [1.807, 2.05) is 0 Å². The van der Waals surface area contributed by atoms with Gasteiger partial charge in [0.25, 0.3) is 0 Å². The second kappa shape index (κ2) is 15.0. The Balaban J connectivity index is 2.00. The molecule has 0 saturated heterocycles. The van der Waals surface area contributed by atoms with Crippen molar-refractivity contribution in [3.63, 3.8) is 0 Å². The van der Waals surface area contributed by atoms with Crippen molar-refractivity contribution in [3.05, 3.63) is 28.5 Å². The average Bonchev–Trinajstić information content (AvgIpc) is 2.71. The molecule has 0 unspecified atom stereocenters. The Morgan fingerprint density at radius 2 is 1.35 bits per heavy atom. The summed E-state index contributed by atoms with van der Waals surface area (Å²) in [5, 5.41) is 0.109. The monoisotopic (exact) mass is 525 g/mol. The van der Waals surface area contributed by atoms with E-state index in [1.54, 1.807) is 0 Å². The number of hydrogen-bond acceptors (Lipinski definition) is 6. The fourth-order valence-electron chi connectivity index (χ4n) is 2.19. The zero-order valence-corrected chi connectivity index (χ0v) is 22.3. The van der Waals surface area contributed by atoms with Gasteiger partial charge in [-0.25, -0.2) is 4.98 Å². The molecular formula is C23H35ClF3NO5Si. The lowest BCUT2D eigenvalue weighted by Crippen LogP contribution is -2.41. The Morgan fingerprint density at radius 3 is 1.85 bits per heavy atom. The number of hydrogen-bond donors (Lipinski definition) is 0. The van der Waals surface area contributed by atoms with E-state index in [0.717, 1.165) is 6.07 Å². The van der Waals surface area contributed by atoms with Gasteiger partial charge >= 0.3 is 6.18 Å². The zero-order valence-electron chi connectivity index (χ0n) is 20.5. The Hall–Kier alpha value is -1.19. The largest absolute Gasteiger partial charge is 0.433 e. The first-order valence-corrected chi connectivity index (χ1v) is 14.3. The summed E-state index contributed by atoms with van der Waals surface area (Å²) < 4.78 is 65.7. The molecule has 1 rings (SSSR count). The number of pyridine rings is 1. The topological polar surface area (TPSA) is 59.0 Å². The minimum atomic E-state index is -4.58. The molecule has 194 valence electrons. The highest BCUT2D eigenvalue weighted by Crippen LogP contribution is 2.36. The van der Waals surface area contributed by atoms with Gasteiger partial charge in [-0.05, 0) is 36.2 Å². The van der Waals surface area contributed by atoms with Crippen molar-refractivity contribution < 1.29 is 36.5 Å². The number of aromatic nitrogens is 1. The van der Waals surface area contributed by atoms with Crippen molar-refractivity contribution in [2.75, 3.05) is 59.5 Å². The summed E-state index contributed by atoms with van der Waals surface area (Å²) in [4.78, 5) is 3.44. The molecule has 1 heterocycles. The van der Waals surface area contributed by atoms with Gasteiger partial charge in [-0.2, -0.15) is 13.2 Å². The predicted octanol–water partition coefficient (Wildman–Crippen LogP) is 5.19. The standard InChI is InChI=1S/C23H35ClF3NO5Si/c1-22(2,3)34(4,5)33-16-15-32-14-13-31-12-11-30-10-9-29-8-6-7-20-17-19(24)18-21(28-20)23(25,26)27/h17-18H,8-16H2,1-5H3. The molecule has 0 spiro atoms. The van der Waals surface area contributed by atoms with Crippen LogP contribution in [0.1, 0.15) is 32.2 Å². The molecule has 0 aromatic carbocycles. The summed E-state index contributed by atoms with van der Waals surface area (Å²) in [7, 11) is -1.73. The molecule has 0 aliphatic rings. The number of alkyl halides is 3. The Labute approximate surface area is 206 Å². The molecule has 6 nitrogen and oxygen atoms in total. The molecule has 0 bridgehead atoms. The smallest absolute Gasteiger partial charge is 0.414 e. The van der Waals surface area contributed by atoms with Crippen LogP contribution in [0.2, 0.25) is 23.2 Å². The van der Waals surface area contributed by atoms with E-state index in [0.29, 0.717) is 52.9 Å². The van der Waals surface area contributed by atoms with Crippen LogP contribution >= 0.6 is 11.6 Å². The fourth-order valence-corrected chi connectivity index (χ4v) is 3.42. The fraction of sp³-hybridized carbons (Fsp3) is 0.696. The van der Waals surface area contributed by atoms with Crippen molar-refractivity contribution in [2.24, 2.45) is 0 Å². The van der Waals surface area contributed by atoms with Crippen LogP contribution in [-0.2, 0) is 29.5 Å². The average molecular weight is 526 g/mol. The van der Waals surface area contributed by atoms with Crippen molar-refractivity contribution >= 4 is 19.9 Å². The third kappa shape index (κ3) is 13.0. The molecule has 0 radical (unpaired) electrons. The van der Waals surface area contributed by atoms with E-state index >= 15 is 0 Å². The minimum Gasteiger partial charge on any atom is -0.414 e. The van der Waals surface area contributed by atoms with Gasteiger partial charge in [0.05, 0.1) is 52.9 Å². The summed E-state index contributed by atoms with van der Waals surface area (Å²) in [5.74, 6) is 5.11. The van der Waals surface area contributed by atoms with Crippen LogP contribution in [0, 0.1) is 11.8 Å². The van der Waals surface area contributed by atoms with Crippen molar-refractivity contribution in [3.8, 4) is 11.8 Å². The lowest BCUT2D eigenvalue weighted by Gasteiger charge is -2.36. The Kier molecular flexibility index (Phi) is 13.6. The van der Waals surface area contributed by atoms with Crippen LogP contribution in [0.3, 0.4) is 0 Å². The van der Waals surface area contributed by atoms with Crippen LogP contribution < -0.4 is 0 Å². The third-order valence-electron chi connectivity index (χ3n) is 5.08. The van der Waals surface area contributed by atoms with Crippen molar-refractivity contribution in [2.45, 2.75) is 45.1 Å². The van der Waals surface area contributed by atoms with E-state index in [4.69, 9.17) is 35.0 Å². The van der Waals surface area contributed by atoms with Gasteiger partial charge in [0.15, 0.2) is 8.32 Å². The molecule has 1 aromatic heterocycles. The summed E-state index contributed by atoms with van der Waals surface area (Å²) in [5.41, 5.74) is -1.15. The number of halogens is 4. The van der Waals surface area contributed by atoms with E-state index in [-0.39, 0.29) is 22.4 Å². The molecule has 0 N–H and O–H groups in total. The lowest BCUT2D eigenvalue weighted by molar-refractivity contribution is -0.141. The summed E-state index contributed by atoms with van der Waals surface area (Å²) in [6.07, 6.45) is -4.58. The highest BCUT2D eigenvalue weighted by atomic mass is 35.5. The van der Waals surface area contributed by atoms with Crippen LogP contribution in [0.5, 0.6) is 0 Å². The molecule has 0 aliphatic heterocycles. The van der Waals surface area contributed by atoms with Crippen molar-refractivity contribution in [1.82, 2.24) is 4.98 Å². The van der Waals surface area contributed by atoms with Gasteiger partial charge in [0.1, 0.15) is 18.0 Å². The highest BCUT2D eigenvalue weighted by Gasteiger charge is 2.36. The first-order valence-electron chi connectivity index (χ1n) is 11.0. The van der Waals surface area contributed by atoms with E-state index in [1.165, 1.54) is 6.07 Å². The normalized spacial score (nSPS) is 12.5. The van der Waals surface area contributed by atoms with Gasteiger partial charge in [-0.1, -0.05) is 38.3 Å². The molecule has 1 aromatic rings. The molecule has 0 amide bonds. The SMILES string of the molecule is CC(C)(C)[Si](C)(C)OCCOCCOCCOCCOCC#Cc1cc(Cl)cc(C(F)(F)F)n1. The Bertz CT molecular complexity index is 792. The second-order valence-electron chi connectivity index (χ2n) is 8.85. The zero-order chi connectivity index (χ0) is 25.7. The maximum atomic E-state index is 12.7. The van der Waals surface area contributed by atoms with E-state index < -0.39 is 20.2 Å². The van der Waals surface area contributed by atoms with Gasteiger partial charge in [-0.3, -0.25) is 0 Å². The molecular weight excluding hydrogens is 491 g/mol. The molecule has 0 saturated carbocycles. The maximum absolute atomic E-state index is 12.7. The number of nitrogens with zero attached hydrogens (tertiary/aromatic N) is 1. The van der Waals surface area contributed by atoms with Crippen molar-refractivity contribution in [1.29, 1.82) is 0 Å². The Morgan fingerprint density at radius 1 is 0.853 bits per heavy atom. The van der Waals surface area contributed by atoms with Crippen LogP contribution in [0.4, 0.5) is 13.2 Å². The second-order valence-corrected chi connectivity index (χ2v) is 14.1. The van der Waals surface area contributed by atoms with E-state index in [9.17, 15) is 13.2 Å². The quantitative estimate of drug-likeness (QED) is 0.189. The van der Waals surface area contributed by atoms with Crippen LogP contribution in [0.15, 0.2) is 12.1 Å². The minimum absolute atomic E-state index is 0.0336. The summed E-state index contributed by atoms with van der Waals surface area (Å²) in [6.45, 7) is 14.7. The predicted molar refractivity (Wildman–Crippen MR) is 128 cm³/mol. The highest BCUT2D eigenvalue weighted by molar-refractivity contribution is 6.74. The summed E-state index contributed by atoms with van der Waals surface area (Å²) in [6, 6.07) is 2.02. The first-order chi connectivity index (χ1) is 15.8. The van der Waals surface area contributed by atoms with Gasteiger partial charge in [-0.15, -0.1) is 0 Å². The number of ether oxygens (including phenoxy) is 4. The van der Waals surface area contributed by atoms with Gasteiger partial charge < -0.3 is 23.4 Å². The molecule has 0 atom stereocenters. The molecule has 0 fully saturated rings. The molecule has 34 heavy (non-hydrogen) atoms. The van der Waals surface area contributed by atoms with E-state index in [2.05, 4.69) is 50.7 Å². The molecule has 11 heteroatoms. The van der Waals surface area contributed by atoms with Crippen LogP contribution in [0.25, 0.3) is 0 Å². The molecule has 0 aliphatic carbocycles. The number of rotatable bonds is 14. The lowest BCUT2D eigenvalue weighted by atomic mass is 10.2. The maximum Gasteiger partial charge on any atom is 0.433 e.